The summed E-state index contributed by atoms with van der Waals surface area (Å²) in [5.41, 5.74) is 3.91. The van der Waals surface area contributed by atoms with Crippen molar-refractivity contribution >= 4 is 23.3 Å². The van der Waals surface area contributed by atoms with E-state index in [2.05, 4.69) is 9.88 Å². The molecule has 1 amide bonds. The Morgan fingerprint density at radius 3 is 2.64 bits per heavy atom. The Morgan fingerprint density at radius 1 is 1.29 bits per heavy atom. The van der Waals surface area contributed by atoms with Crippen LogP contribution in [-0.2, 0) is 11.3 Å². The van der Waals surface area contributed by atoms with Crippen LogP contribution in [0.15, 0.2) is 53.4 Å². The number of ether oxygens (including phenoxy) is 1. The van der Waals surface area contributed by atoms with Crippen LogP contribution >= 0.6 is 11.3 Å². The number of thiophene rings is 1. The minimum absolute atomic E-state index is 0.0894. The molecule has 0 unspecified atom stereocenters. The zero-order valence-corrected chi connectivity index (χ0v) is 16.8. The summed E-state index contributed by atoms with van der Waals surface area (Å²) in [5, 5.41) is 14.2. The number of nitrogens with one attached hydrogen (secondary N) is 1. The molecule has 0 aliphatic rings. The van der Waals surface area contributed by atoms with Gasteiger partial charge in [0.1, 0.15) is 17.4 Å². The van der Waals surface area contributed by atoms with Gasteiger partial charge in [-0.3, -0.25) is 4.79 Å². The van der Waals surface area contributed by atoms with Crippen molar-refractivity contribution in [2.45, 2.75) is 20.4 Å². The second kappa shape index (κ2) is 8.59. The van der Waals surface area contributed by atoms with Crippen molar-refractivity contribution in [3.8, 4) is 17.5 Å². The van der Waals surface area contributed by atoms with Gasteiger partial charge in [0.2, 0.25) is 0 Å². The molecule has 3 aromatic rings. The molecule has 2 heterocycles. The van der Waals surface area contributed by atoms with Crippen molar-refractivity contribution in [1.29, 1.82) is 5.26 Å². The van der Waals surface area contributed by atoms with Gasteiger partial charge in [0, 0.05) is 22.0 Å². The first-order chi connectivity index (χ1) is 13.5. The highest BCUT2D eigenvalue weighted by Crippen LogP contribution is 2.24. The molecule has 1 N–H and O–H groups in total. The number of aromatic nitrogens is 1. The van der Waals surface area contributed by atoms with Crippen molar-refractivity contribution in [3.63, 3.8) is 0 Å². The number of nitriles is 1. The molecule has 2 aromatic heterocycles. The maximum Gasteiger partial charge on any atom is 0.262 e. The van der Waals surface area contributed by atoms with Crippen LogP contribution in [0.3, 0.4) is 0 Å². The number of methoxy groups -OCH3 is 1. The third-order valence-electron chi connectivity index (χ3n) is 4.47. The van der Waals surface area contributed by atoms with E-state index in [1.54, 1.807) is 24.5 Å². The highest BCUT2D eigenvalue weighted by Gasteiger charge is 2.14. The van der Waals surface area contributed by atoms with Crippen LogP contribution in [-0.4, -0.2) is 17.6 Å². The lowest BCUT2D eigenvalue weighted by atomic mass is 10.1. The van der Waals surface area contributed by atoms with Gasteiger partial charge >= 0.3 is 0 Å². The van der Waals surface area contributed by atoms with Crippen LogP contribution < -0.4 is 10.1 Å². The summed E-state index contributed by atoms with van der Waals surface area (Å²) >= 11 is 1.57. The molecule has 0 fully saturated rings. The quantitative estimate of drug-likeness (QED) is 0.501. The lowest BCUT2D eigenvalue weighted by Crippen LogP contribution is -2.23. The molecule has 0 spiro atoms. The maximum atomic E-state index is 12.4. The van der Waals surface area contributed by atoms with Gasteiger partial charge in [-0.25, -0.2) is 0 Å². The number of hydrogen-bond acceptors (Lipinski definition) is 4. The molecule has 3 rings (SSSR count). The Balaban J connectivity index is 1.85. The van der Waals surface area contributed by atoms with E-state index in [0.717, 1.165) is 33.3 Å². The molecular weight excluding hydrogens is 370 g/mol. The number of rotatable bonds is 6. The van der Waals surface area contributed by atoms with Gasteiger partial charge in [-0.2, -0.15) is 5.26 Å². The first-order valence-corrected chi connectivity index (χ1v) is 9.67. The van der Waals surface area contributed by atoms with Gasteiger partial charge in [0.05, 0.1) is 13.7 Å². The minimum atomic E-state index is -0.370. The molecule has 0 atom stereocenters. The molecule has 0 saturated carbocycles. The largest absolute Gasteiger partial charge is 0.497 e. The zero-order valence-electron chi connectivity index (χ0n) is 16.0. The minimum Gasteiger partial charge on any atom is -0.497 e. The van der Waals surface area contributed by atoms with Crippen LogP contribution in [0.2, 0.25) is 0 Å². The van der Waals surface area contributed by atoms with E-state index >= 15 is 0 Å². The fourth-order valence-electron chi connectivity index (χ4n) is 3.04. The van der Waals surface area contributed by atoms with E-state index in [4.69, 9.17) is 4.74 Å². The maximum absolute atomic E-state index is 12.4. The van der Waals surface area contributed by atoms with Crippen LogP contribution in [0.1, 0.15) is 21.8 Å². The molecule has 5 nitrogen and oxygen atoms in total. The summed E-state index contributed by atoms with van der Waals surface area (Å²) in [6.45, 7) is 4.39. The van der Waals surface area contributed by atoms with Crippen LogP contribution in [0.4, 0.5) is 0 Å². The first kappa shape index (κ1) is 19.5. The van der Waals surface area contributed by atoms with Crippen molar-refractivity contribution < 1.29 is 9.53 Å². The number of carbonyl (C=O) groups is 1. The Labute approximate surface area is 168 Å². The number of aryl methyl sites for hydroxylation is 1. The van der Waals surface area contributed by atoms with E-state index < -0.39 is 0 Å². The average molecular weight is 391 g/mol. The van der Waals surface area contributed by atoms with Crippen molar-refractivity contribution in [2.75, 3.05) is 7.11 Å². The lowest BCUT2D eigenvalue weighted by molar-refractivity contribution is -0.117. The van der Waals surface area contributed by atoms with Gasteiger partial charge in [-0.15, -0.1) is 11.3 Å². The van der Waals surface area contributed by atoms with Gasteiger partial charge in [0.25, 0.3) is 5.91 Å². The monoisotopic (exact) mass is 391 g/mol. The zero-order chi connectivity index (χ0) is 20.1. The molecule has 28 heavy (non-hydrogen) atoms. The molecule has 0 saturated heterocycles. The smallest absolute Gasteiger partial charge is 0.262 e. The van der Waals surface area contributed by atoms with Crippen LogP contribution in [0.5, 0.6) is 5.75 Å². The van der Waals surface area contributed by atoms with Gasteiger partial charge in [-0.05, 0) is 67.3 Å². The fourth-order valence-corrected chi connectivity index (χ4v) is 3.69. The van der Waals surface area contributed by atoms with Crippen molar-refractivity contribution in [2.24, 2.45) is 0 Å². The predicted octanol–water partition coefficient (Wildman–Crippen LogP) is 4.39. The second-order valence-electron chi connectivity index (χ2n) is 6.29. The highest BCUT2D eigenvalue weighted by atomic mass is 32.1. The van der Waals surface area contributed by atoms with E-state index in [0.29, 0.717) is 6.54 Å². The van der Waals surface area contributed by atoms with E-state index in [1.165, 1.54) is 0 Å². The molecule has 0 aliphatic carbocycles. The molecule has 6 heteroatoms. The molecule has 0 radical (unpaired) electrons. The lowest BCUT2D eigenvalue weighted by Gasteiger charge is -2.10. The first-order valence-electron chi connectivity index (χ1n) is 8.79. The number of nitrogens with zero attached hydrogens (tertiary/aromatic N) is 2. The second-order valence-corrected chi connectivity index (χ2v) is 7.32. The SMILES string of the molecule is COc1ccc(-n2c(C)cc(/C=C(\C#N)C(=O)NCc3cccs3)c2C)cc1. The van der Waals surface area contributed by atoms with Gasteiger partial charge in [0.15, 0.2) is 0 Å². The molecule has 142 valence electrons. The number of benzene rings is 1. The van der Waals surface area contributed by atoms with Crippen molar-refractivity contribution in [3.05, 3.63) is 75.2 Å². The summed E-state index contributed by atoms with van der Waals surface area (Å²) < 4.78 is 7.30. The Hall–Kier alpha value is -3.30. The standard InChI is InChI=1S/C22H21N3O2S/c1-15-11-17(16(2)25(15)19-6-8-20(27-3)9-7-19)12-18(13-23)22(26)24-14-21-5-4-10-28-21/h4-12H,14H2,1-3H3,(H,24,26)/b18-12+. The highest BCUT2D eigenvalue weighted by molar-refractivity contribution is 7.09. The Bertz CT molecular complexity index is 1040. The Kier molecular flexibility index (Phi) is 5.97. The fraction of sp³-hybridized carbons (Fsp3) is 0.182. The van der Waals surface area contributed by atoms with Gasteiger partial charge < -0.3 is 14.6 Å². The van der Waals surface area contributed by atoms with Crippen LogP contribution in [0.25, 0.3) is 11.8 Å². The van der Waals surface area contributed by atoms with E-state index in [-0.39, 0.29) is 11.5 Å². The topological polar surface area (TPSA) is 67.0 Å². The number of amides is 1. The summed E-state index contributed by atoms with van der Waals surface area (Å²) in [5.74, 6) is 0.422. The molecule has 0 bridgehead atoms. The van der Waals surface area contributed by atoms with E-state index in [1.807, 2.05) is 67.8 Å². The number of hydrogen-bond donors (Lipinski definition) is 1. The average Bonchev–Trinajstić information content (AvgIpc) is 3.32. The molecular formula is C22H21N3O2S. The third kappa shape index (κ3) is 4.16. The Morgan fingerprint density at radius 2 is 2.04 bits per heavy atom. The van der Waals surface area contributed by atoms with E-state index in [9.17, 15) is 10.1 Å². The normalized spacial score (nSPS) is 11.1. The van der Waals surface area contributed by atoms with Gasteiger partial charge in [-0.1, -0.05) is 6.07 Å². The third-order valence-corrected chi connectivity index (χ3v) is 5.35. The molecule has 1 aromatic carbocycles. The summed E-state index contributed by atoms with van der Waals surface area (Å²) in [6, 6.07) is 15.6. The summed E-state index contributed by atoms with van der Waals surface area (Å²) in [4.78, 5) is 13.4. The van der Waals surface area contributed by atoms with Crippen molar-refractivity contribution in [1.82, 2.24) is 9.88 Å². The molecule has 0 aliphatic heterocycles. The van der Waals surface area contributed by atoms with Crippen LogP contribution in [0, 0.1) is 25.2 Å². The summed E-state index contributed by atoms with van der Waals surface area (Å²) in [6.07, 6.45) is 1.64. The number of carbonyl (C=O) groups excluding carboxylic acids is 1. The summed E-state index contributed by atoms with van der Waals surface area (Å²) in [7, 11) is 1.64. The predicted molar refractivity (Wildman–Crippen MR) is 112 cm³/mol.